The van der Waals surface area contributed by atoms with Crippen molar-refractivity contribution < 1.29 is 4.79 Å². The van der Waals surface area contributed by atoms with E-state index in [2.05, 4.69) is 4.98 Å². The number of hydrogen-bond acceptors (Lipinski definition) is 3. The highest BCUT2D eigenvalue weighted by Gasteiger charge is 2.04. The minimum Gasteiger partial charge on any atom is -0.294 e. The zero-order valence-corrected chi connectivity index (χ0v) is 7.31. The Morgan fingerprint density at radius 3 is 2.82 bits per heavy atom. The monoisotopic (exact) mass is 167 g/mol. The standard InChI is InChI=1S/C8H9NOS/c1-6(10)7-3-4-9-5-8(7)11-2/h3-5H,1-2H3. The fourth-order valence-electron chi connectivity index (χ4n) is 0.833. The Morgan fingerprint density at radius 2 is 2.36 bits per heavy atom. The molecule has 0 aliphatic heterocycles. The molecule has 1 rings (SSSR count). The zero-order valence-electron chi connectivity index (χ0n) is 6.50. The van der Waals surface area contributed by atoms with Crippen LogP contribution in [-0.2, 0) is 0 Å². The number of pyridine rings is 1. The molecular weight excluding hydrogens is 158 g/mol. The number of Topliss-reactive ketones (excluding diaryl/α,β-unsaturated/α-hetero) is 1. The number of nitrogens with zero attached hydrogens (tertiary/aromatic N) is 1. The van der Waals surface area contributed by atoms with Gasteiger partial charge in [-0.1, -0.05) is 0 Å². The lowest BCUT2D eigenvalue weighted by molar-refractivity contribution is 0.101. The number of hydrogen-bond donors (Lipinski definition) is 0. The Bertz CT molecular complexity index is 273. The van der Waals surface area contributed by atoms with Crippen LogP contribution in [0.2, 0.25) is 0 Å². The zero-order chi connectivity index (χ0) is 8.27. The Kier molecular flexibility index (Phi) is 2.65. The molecule has 0 spiro atoms. The van der Waals surface area contributed by atoms with Gasteiger partial charge < -0.3 is 0 Å². The van der Waals surface area contributed by atoms with Gasteiger partial charge in [0.1, 0.15) is 0 Å². The first-order chi connectivity index (χ1) is 5.25. The van der Waals surface area contributed by atoms with Gasteiger partial charge in [0.25, 0.3) is 0 Å². The number of aromatic nitrogens is 1. The molecule has 1 heterocycles. The largest absolute Gasteiger partial charge is 0.294 e. The van der Waals surface area contributed by atoms with E-state index < -0.39 is 0 Å². The summed E-state index contributed by atoms with van der Waals surface area (Å²) in [5.41, 5.74) is 0.757. The van der Waals surface area contributed by atoms with Gasteiger partial charge in [0.15, 0.2) is 5.78 Å². The van der Waals surface area contributed by atoms with Gasteiger partial charge in [0.05, 0.1) is 0 Å². The molecule has 0 saturated carbocycles. The molecule has 0 aliphatic rings. The molecule has 0 aliphatic carbocycles. The third kappa shape index (κ3) is 1.80. The quantitative estimate of drug-likeness (QED) is 0.498. The maximum Gasteiger partial charge on any atom is 0.161 e. The predicted molar refractivity (Wildman–Crippen MR) is 46.0 cm³/mol. The van der Waals surface area contributed by atoms with Crippen LogP contribution >= 0.6 is 11.8 Å². The Labute approximate surface area is 70.0 Å². The average molecular weight is 167 g/mol. The van der Waals surface area contributed by atoms with Crippen LogP contribution in [0, 0.1) is 0 Å². The summed E-state index contributed by atoms with van der Waals surface area (Å²) in [6.45, 7) is 1.56. The van der Waals surface area contributed by atoms with Gasteiger partial charge in [0.2, 0.25) is 0 Å². The van der Waals surface area contributed by atoms with Crippen LogP contribution in [0.15, 0.2) is 23.4 Å². The van der Waals surface area contributed by atoms with E-state index in [1.807, 2.05) is 6.26 Å². The minimum atomic E-state index is 0.0942. The van der Waals surface area contributed by atoms with E-state index in [0.29, 0.717) is 0 Å². The minimum absolute atomic E-state index is 0.0942. The first kappa shape index (κ1) is 8.27. The summed E-state index contributed by atoms with van der Waals surface area (Å²) < 4.78 is 0. The smallest absolute Gasteiger partial charge is 0.161 e. The van der Waals surface area contributed by atoms with Gasteiger partial charge in [-0.05, 0) is 19.2 Å². The first-order valence-corrected chi connectivity index (χ1v) is 4.47. The molecule has 58 valence electrons. The van der Waals surface area contributed by atoms with Crippen molar-refractivity contribution in [2.75, 3.05) is 6.26 Å². The van der Waals surface area contributed by atoms with Crippen LogP contribution < -0.4 is 0 Å². The van der Waals surface area contributed by atoms with E-state index in [9.17, 15) is 4.79 Å². The van der Waals surface area contributed by atoms with Crippen LogP contribution in [-0.4, -0.2) is 17.0 Å². The number of ketones is 1. The van der Waals surface area contributed by atoms with Crippen molar-refractivity contribution in [2.24, 2.45) is 0 Å². The van der Waals surface area contributed by atoms with Gasteiger partial charge in [-0.2, -0.15) is 0 Å². The molecule has 0 radical (unpaired) electrons. The lowest BCUT2D eigenvalue weighted by Gasteiger charge is -2.00. The van der Waals surface area contributed by atoms with Crippen molar-refractivity contribution in [2.45, 2.75) is 11.8 Å². The van der Waals surface area contributed by atoms with E-state index >= 15 is 0 Å². The Hall–Kier alpha value is -0.830. The number of carbonyl (C=O) groups excluding carboxylic acids is 1. The molecule has 0 bridgehead atoms. The van der Waals surface area contributed by atoms with Gasteiger partial charge in [-0.25, -0.2) is 0 Å². The maximum absolute atomic E-state index is 11.0. The van der Waals surface area contributed by atoms with E-state index in [1.165, 1.54) is 0 Å². The highest BCUT2D eigenvalue weighted by molar-refractivity contribution is 7.98. The molecule has 0 fully saturated rings. The molecule has 0 N–H and O–H groups in total. The summed E-state index contributed by atoms with van der Waals surface area (Å²) in [5.74, 6) is 0.0942. The molecule has 0 saturated heterocycles. The third-order valence-electron chi connectivity index (χ3n) is 1.38. The van der Waals surface area contributed by atoms with Gasteiger partial charge in [0, 0.05) is 22.9 Å². The molecule has 0 aromatic carbocycles. The summed E-state index contributed by atoms with van der Waals surface area (Å²) in [7, 11) is 0. The molecular formula is C8H9NOS. The molecule has 1 aromatic rings. The second-order valence-electron chi connectivity index (χ2n) is 2.13. The number of rotatable bonds is 2. The summed E-state index contributed by atoms with van der Waals surface area (Å²) in [4.78, 5) is 15.9. The van der Waals surface area contributed by atoms with E-state index in [-0.39, 0.29) is 5.78 Å². The van der Waals surface area contributed by atoms with Crippen molar-refractivity contribution in [3.05, 3.63) is 24.0 Å². The van der Waals surface area contributed by atoms with Gasteiger partial charge in [-0.15, -0.1) is 11.8 Å². The normalized spacial score (nSPS) is 9.64. The van der Waals surface area contributed by atoms with Gasteiger partial charge >= 0.3 is 0 Å². The second kappa shape index (κ2) is 3.53. The fourth-order valence-corrected chi connectivity index (χ4v) is 1.43. The fraction of sp³-hybridized carbons (Fsp3) is 0.250. The molecule has 0 amide bonds. The second-order valence-corrected chi connectivity index (χ2v) is 2.98. The molecule has 11 heavy (non-hydrogen) atoms. The van der Waals surface area contributed by atoms with Crippen LogP contribution in [0.25, 0.3) is 0 Å². The molecule has 0 atom stereocenters. The highest BCUT2D eigenvalue weighted by atomic mass is 32.2. The van der Waals surface area contributed by atoms with Crippen molar-refractivity contribution >= 4 is 17.5 Å². The molecule has 0 unspecified atom stereocenters. The first-order valence-electron chi connectivity index (χ1n) is 3.24. The lowest BCUT2D eigenvalue weighted by atomic mass is 10.2. The number of carbonyl (C=O) groups is 1. The van der Waals surface area contributed by atoms with Crippen molar-refractivity contribution in [3.63, 3.8) is 0 Å². The Balaban J connectivity index is 3.12. The summed E-state index contributed by atoms with van der Waals surface area (Å²) in [5, 5.41) is 0. The van der Waals surface area contributed by atoms with Crippen LogP contribution in [0.5, 0.6) is 0 Å². The van der Waals surface area contributed by atoms with Crippen molar-refractivity contribution in [3.8, 4) is 0 Å². The average Bonchev–Trinajstić information content (AvgIpc) is 2.04. The molecule has 2 nitrogen and oxygen atoms in total. The van der Waals surface area contributed by atoms with Crippen LogP contribution in [0.1, 0.15) is 17.3 Å². The third-order valence-corrected chi connectivity index (χ3v) is 2.15. The van der Waals surface area contributed by atoms with E-state index in [1.54, 1.807) is 37.1 Å². The molecule has 1 aromatic heterocycles. The summed E-state index contributed by atoms with van der Waals surface area (Å²) >= 11 is 1.54. The van der Waals surface area contributed by atoms with Crippen LogP contribution in [0.4, 0.5) is 0 Å². The van der Waals surface area contributed by atoms with Gasteiger partial charge in [-0.3, -0.25) is 9.78 Å². The lowest BCUT2D eigenvalue weighted by Crippen LogP contribution is -1.94. The topological polar surface area (TPSA) is 30.0 Å². The van der Waals surface area contributed by atoms with Crippen LogP contribution in [0.3, 0.4) is 0 Å². The maximum atomic E-state index is 11.0. The Morgan fingerprint density at radius 1 is 1.64 bits per heavy atom. The summed E-state index contributed by atoms with van der Waals surface area (Å²) in [6.07, 6.45) is 5.28. The summed E-state index contributed by atoms with van der Waals surface area (Å²) in [6, 6.07) is 1.74. The van der Waals surface area contributed by atoms with E-state index in [4.69, 9.17) is 0 Å². The highest BCUT2D eigenvalue weighted by Crippen LogP contribution is 2.18. The van der Waals surface area contributed by atoms with E-state index in [0.717, 1.165) is 10.5 Å². The van der Waals surface area contributed by atoms with Crippen molar-refractivity contribution in [1.29, 1.82) is 0 Å². The molecule has 3 heteroatoms. The SMILES string of the molecule is CSc1cnccc1C(C)=O. The van der Waals surface area contributed by atoms with Crippen molar-refractivity contribution in [1.82, 2.24) is 4.98 Å². The predicted octanol–water partition coefficient (Wildman–Crippen LogP) is 2.01. The number of thioether (sulfide) groups is 1.